The van der Waals surface area contributed by atoms with Gasteiger partial charge in [0.05, 0.1) is 13.2 Å². The highest BCUT2D eigenvalue weighted by Gasteiger charge is 2.41. The van der Waals surface area contributed by atoms with Crippen molar-refractivity contribution in [2.75, 3.05) is 39.4 Å². The Balaban J connectivity index is 1.64. The maximum absolute atomic E-state index is 13.1. The summed E-state index contributed by atoms with van der Waals surface area (Å²) in [6, 6.07) is 10.8. The molecule has 4 nitrogen and oxygen atoms in total. The van der Waals surface area contributed by atoms with Gasteiger partial charge in [-0.05, 0) is 17.9 Å². The van der Waals surface area contributed by atoms with E-state index in [1.807, 2.05) is 18.2 Å². The molecule has 2 aliphatic heterocycles. The molecular weight excluding hydrogens is 300 g/mol. The lowest BCUT2D eigenvalue weighted by atomic mass is 9.84. The molecule has 2 aliphatic rings. The van der Waals surface area contributed by atoms with Gasteiger partial charge in [-0.15, -0.1) is 0 Å². The van der Waals surface area contributed by atoms with Gasteiger partial charge in [0.15, 0.2) is 0 Å². The minimum Gasteiger partial charge on any atom is -0.379 e. The largest absolute Gasteiger partial charge is 0.379 e. The molecule has 2 saturated heterocycles. The van der Waals surface area contributed by atoms with E-state index in [4.69, 9.17) is 4.74 Å². The van der Waals surface area contributed by atoms with E-state index < -0.39 is 0 Å². The van der Waals surface area contributed by atoms with Crippen molar-refractivity contribution in [2.45, 2.75) is 33.2 Å². The fourth-order valence-corrected chi connectivity index (χ4v) is 4.11. The standard InChI is InChI=1S/C20H30N2O2/c1-16-14-22(15-18(16)21-9-11-24-12-10-21)19(23)20(2,3)13-17-7-5-4-6-8-17/h4-8,16,18H,9-15H2,1-3H3/t16-,18-/m0/s1. The molecule has 1 amide bonds. The second kappa shape index (κ2) is 7.24. The summed E-state index contributed by atoms with van der Waals surface area (Å²) in [5.41, 5.74) is 0.869. The number of benzene rings is 1. The Morgan fingerprint density at radius 1 is 1.17 bits per heavy atom. The highest BCUT2D eigenvalue weighted by Crippen LogP contribution is 2.30. The number of hydrogen-bond donors (Lipinski definition) is 0. The molecule has 0 aromatic heterocycles. The Labute approximate surface area is 145 Å². The third kappa shape index (κ3) is 3.81. The lowest BCUT2D eigenvalue weighted by molar-refractivity contribution is -0.139. The Bertz CT molecular complexity index is 552. The number of likely N-dealkylation sites (tertiary alicyclic amines) is 1. The Morgan fingerprint density at radius 2 is 1.83 bits per heavy atom. The number of ether oxygens (including phenoxy) is 1. The lowest BCUT2D eigenvalue weighted by Gasteiger charge is -2.34. The second-order valence-corrected chi connectivity index (χ2v) is 7.95. The van der Waals surface area contributed by atoms with Crippen LogP contribution in [0.2, 0.25) is 0 Å². The fraction of sp³-hybridized carbons (Fsp3) is 0.650. The van der Waals surface area contributed by atoms with Crippen molar-refractivity contribution >= 4 is 5.91 Å². The lowest BCUT2D eigenvalue weighted by Crippen LogP contribution is -2.48. The van der Waals surface area contributed by atoms with Crippen LogP contribution in [0.4, 0.5) is 0 Å². The quantitative estimate of drug-likeness (QED) is 0.850. The van der Waals surface area contributed by atoms with Crippen LogP contribution >= 0.6 is 0 Å². The third-order valence-corrected chi connectivity index (χ3v) is 5.44. The van der Waals surface area contributed by atoms with Crippen LogP contribution < -0.4 is 0 Å². The number of amides is 1. The van der Waals surface area contributed by atoms with Crippen molar-refractivity contribution in [1.82, 2.24) is 9.80 Å². The summed E-state index contributed by atoms with van der Waals surface area (Å²) in [4.78, 5) is 17.7. The van der Waals surface area contributed by atoms with E-state index in [-0.39, 0.29) is 11.3 Å². The van der Waals surface area contributed by atoms with Gasteiger partial charge < -0.3 is 9.64 Å². The molecule has 0 unspecified atom stereocenters. The van der Waals surface area contributed by atoms with Gasteiger partial charge in [0.1, 0.15) is 0 Å². The molecule has 2 fully saturated rings. The monoisotopic (exact) mass is 330 g/mol. The van der Waals surface area contributed by atoms with Crippen LogP contribution in [0.25, 0.3) is 0 Å². The molecular formula is C20H30N2O2. The molecule has 0 radical (unpaired) electrons. The fourth-order valence-electron chi connectivity index (χ4n) is 4.11. The predicted octanol–water partition coefficient (Wildman–Crippen LogP) is 2.43. The molecule has 1 aromatic carbocycles. The van der Waals surface area contributed by atoms with E-state index in [0.29, 0.717) is 12.0 Å². The minimum atomic E-state index is -0.360. The second-order valence-electron chi connectivity index (χ2n) is 7.95. The Morgan fingerprint density at radius 3 is 2.50 bits per heavy atom. The molecule has 3 rings (SSSR count). The van der Waals surface area contributed by atoms with Gasteiger partial charge in [0.25, 0.3) is 0 Å². The molecule has 1 aromatic rings. The first kappa shape index (κ1) is 17.4. The number of nitrogens with zero attached hydrogens (tertiary/aromatic N) is 2. The highest BCUT2D eigenvalue weighted by atomic mass is 16.5. The number of morpholine rings is 1. The zero-order valence-corrected chi connectivity index (χ0v) is 15.2. The van der Waals surface area contributed by atoms with E-state index >= 15 is 0 Å². The summed E-state index contributed by atoms with van der Waals surface area (Å²) < 4.78 is 5.47. The first-order valence-electron chi connectivity index (χ1n) is 9.12. The zero-order chi connectivity index (χ0) is 17.2. The van der Waals surface area contributed by atoms with Crippen molar-refractivity contribution in [3.8, 4) is 0 Å². The van der Waals surface area contributed by atoms with Gasteiger partial charge in [-0.1, -0.05) is 51.1 Å². The van der Waals surface area contributed by atoms with E-state index in [1.54, 1.807) is 0 Å². The molecule has 0 N–H and O–H groups in total. The predicted molar refractivity (Wildman–Crippen MR) is 95.9 cm³/mol. The van der Waals surface area contributed by atoms with Crippen LogP contribution in [0.3, 0.4) is 0 Å². The molecule has 132 valence electrons. The summed E-state index contributed by atoms with van der Waals surface area (Å²) in [6.45, 7) is 11.8. The van der Waals surface area contributed by atoms with Crippen molar-refractivity contribution in [3.63, 3.8) is 0 Å². The summed E-state index contributed by atoms with van der Waals surface area (Å²) in [5, 5.41) is 0. The summed E-state index contributed by atoms with van der Waals surface area (Å²) in [7, 11) is 0. The van der Waals surface area contributed by atoms with Gasteiger partial charge in [-0.25, -0.2) is 0 Å². The number of rotatable bonds is 4. The Hall–Kier alpha value is -1.39. The van der Waals surface area contributed by atoms with Crippen LogP contribution in [0.5, 0.6) is 0 Å². The Kier molecular flexibility index (Phi) is 5.26. The molecule has 0 bridgehead atoms. The van der Waals surface area contributed by atoms with E-state index in [1.165, 1.54) is 5.56 Å². The average Bonchev–Trinajstić information content (AvgIpc) is 2.97. The summed E-state index contributed by atoms with van der Waals surface area (Å²) in [5.74, 6) is 0.813. The highest BCUT2D eigenvalue weighted by molar-refractivity contribution is 5.82. The maximum Gasteiger partial charge on any atom is 0.228 e. The smallest absolute Gasteiger partial charge is 0.228 e. The topological polar surface area (TPSA) is 32.8 Å². The van der Waals surface area contributed by atoms with E-state index in [9.17, 15) is 4.79 Å². The zero-order valence-electron chi connectivity index (χ0n) is 15.2. The molecule has 0 aliphatic carbocycles. The van der Waals surface area contributed by atoms with Crippen LogP contribution in [0.15, 0.2) is 30.3 Å². The van der Waals surface area contributed by atoms with Crippen LogP contribution in [0.1, 0.15) is 26.3 Å². The first-order valence-corrected chi connectivity index (χ1v) is 9.12. The van der Waals surface area contributed by atoms with Gasteiger partial charge in [0, 0.05) is 37.6 Å². The summed E-state index contributed by atoms with van der Waals surface area (Å²) in [6.07, 6.45) is 0.791. The molecule has 0 saturated carbocycles. The molecule has 4 heteroatoms. The van der Waals surface area contributed by atoms with Crippen molar-refractivity contribution < 1.29 is 9.53 Å². The van der Waals surface area contributed by atoms with Gasteiger partial charge in [-0.3, -0.25) is 9.69 Å². The molecule has 0 spiro atoms. The van der Waals surface area contributed by atoms with E-state index in [2.05, 4.69) is 42.7 Å². The van der Waals surface area contributed by atoms with Crippen LogP contribution in [-0.2, 0) is 16.0 Å². The first-order chi connectivity index (χ1) is 11.5. The van der Waals surface area contributed by atoms with E-state index in [0.717, 1.165) is 45.8 Å². The third-order valence-electron chi connectivity index (χ3n) is 5.44. The van der Waals surface area contributed by atoms with Crippen molar-refractivity contribution in [1.29, 1.82) is 0 Å². The van der Waals surface area contributed by atoms with Gasteiger partial charge in [0.2, 0.25) is 5.91 Å². The van der Waals surface area contributed by atoms with Crippen molar-refractivity contribution in [2.24, 2.45) is 11.3 Å². The summed E-state index contributed by atoms with van der Waals surface area (Å²) >= 11 is 0. The number of carbonyl (C=O) groups is 1. The van der Waals surface area contributed by atoms with Gasteiger partial charge in [-0.2, -0.15) is 0 Å². The molecule has 2 heterocycles. The van der Waals surface area contributed by atoms with Crippen molar-refractivity contribution in [3.05, 3.63) is 35.9 Å². The van der Waals surface area contributed by atoms with Crippen LogP contribution in [-0.4, -0.2) is 61.1 Å². The number of carbonyl (C=O) groups excluding carboxylic acids is 1. The number of hydrogen-bond acceptors (Lipinski definition) is 3. The average molecular weight is 330 g/mol. The SMILES string of the molecule is C[C@H]1CN(C(=O)C(C)(C)Cc2ccccc2)C[C@@H]1N1CCOCC1. The molecule has 2 atom stereocenters. The normalized spacial score (nSPS) is 25.9. The minimum absolute atomic E-state index is 0.286. The van der Waals surface area contributed by atoms with Gasteiger partial charge >= 0.3 is 0 Å². The molecule has 24 heavy (non-hydrogen) atoms. The van der Waals surface area contributed by atoms with Crippen LogP contribution in [0, 0.1) is 11.3 Å². The maximum atomic E-state index is 13.1.